The molecule has 25 heavy (non-hydrogen) atoms. The molecule has 6 nitrogen and oxygen atoms in total. The fraction of sp³-hybridized carbons (Fsp3) is 0.588. The van der Waals surface area contributed by atoms with Crippen LogP contribution in [0.25, 0.3) is 0 Å². The zero-order chi connectivity index (χ0) is 17.3. The highest BCUT2D eigenvalue weighted by molar-refractivity contribution is 7.89. The first-order chi connectivity index (χ1) is 11.3. The fourth-order valence-corrected chi connectivity index (χ4v) is 4.92. The Morgan fingerprint density at radius 1 is 1.20 bits per heavy atom. The van der Waals surface area contributed by atoms with Gasteiger partial charge in [0.2, 0.25) is 10.0 Å². The topological polar surface area (TPSA) is 87.3 Å². The third-order valence-corrected chi connectivity index (χ3v) is 6.26. The van der Waals surface area contributed by atoms with E-state index in [0.717, 1.165) is 12.8 Å². The van der Waals surface area contributed by atoms with Crippen LogP contribution in [0.1, 0.15) is 49.9 Å². The van der Waals surface area contributed by atoms with E-state index in [1.807, 2.05) is 0 Å². The third kappa shape index (κ3) is 4.94. The highest BCUT2D eigenvalue weighted by Gasteiger charge is 2.34. The van der Waals surface area contributed by atoms with Gasteiger partial charge in [-0.05, 0) is 57.7 Å². The Bertz CT molecular complexity index is 712. The maximum absolute atomic E-state index is 12.5. The third-order valence-electron chi connectivity index (χ3n) is 4.61. The summed E-state index contributed by atoms with van der Waals surface area (Å²) in [5.41, 5.74) is 0.382. The molecule has 1 aromatic carbocycles. The van der Waals surface area contributed by atoms with Gasteiger partial charge in [-0.2, -0.15) is 0 Å². The molecule has 8 heteroatoms. The molecule has 1 amide bonds. The minimum Gasteiger partial charge on any atom is -0.349 e. The van der Waals surface area contributed by atoms with Crippen molar-refractivity contribution in [1.82, 2.24) is 15.4 Å². The number of fused-ring (bicyclic) bond motifs is 2. The number of hydrogen-bond acceptors (Lipinski definition) is 4. The van der Waals surface area contributed by atoms with Gasteiger partial charge in [0, 0.05) is 29.7 Å². The summed E-state index contributed by atoms with van der Waals surface area (Å²) in [5, 5.41) is 6.60. The van der Waals surface area contributed by atoms with Crippen LogP contribution in [0.5, 0.6) is 0 Å². The van der Waals surface area contributed by atoms with Crippen LogP contribution >= 0.6 is 12.4 Å². The molecule has 1 aromatic rings. The summed E-state index contributed by atoms with van der Waals surface area (Å²) in [6.45, 7) is 3.53. The summed E-state index contributed by atoms with van der Waals surface area (Å²) < 4.78 is 27.0. The molecule has 0 radical (unpaired) electrons. The summed E-state index contributed by atoms with van der Waals surface area (Å²) in [5.74, 6) is -0.206. The van der Waals surface area contributed by atoms with E-state index in [1.165, 1.54) is 25.0 Å². The number of hydrogen-bond donors (Lipinski definition) is 3. The second-order valence-corrected chi connectivity index (χ2v) is 8.80. The van der Waals surface area contributed by atoms with Gasteiger partial charge in [-0.15, -0.1) is 12.4 Å². The lowest BCUT2D eigenvalue weighted by Gasteiger charge is -2.29. The average molecular weight is 388 g/mol. The number of carbonyl (C=O) groups is 1. The van der Waals surface area contributed by atoms with Crippen molar-refractivity contribution in [3.63, 3.8) is 0 Å². The average Bonchev–Trinajstić information content (AvgIpc) is 2.85. The van der Waals surface area contributed by atoms with E-state index in [4.69, 9.17) is 0 Å². The minimum absolute atomic E-state index is 0. The van der Waals surface area contributed by atoms with Crippen molar-refractivity contribution in [2.75, 3.05) is 0 Å². The Kier molecular flexibility index (Phi) is 6.48. The Balaban J connectivity index is 0.00000225. The van der Waals surface area contributed by atoms with Gasteiger partial charge in [0.25, 0.3) is 5.91 Å². The summed E-state index contributed by atoms with van der Waals surface area (Å²) >= 11 is 0. The van der Waals surface area contributed by atoms with Crippen LogP contribution in [-0.2, 0) is 10.0 Å². The van der Waals surface area contributed by atoms with Gasteiger partial charge in [-0.25, -0.2) is 13.1 Å². The number of benzene rings is 1. The van der Waals surface area contributed by atoms with Gasteiger partial charge >= 0.3 is 0 Å². The molecule has 2 heterocycles. The monoisotopic (exact) mass is 387 g/mol. The predicted molar refractivity (Wildman–Crippen MR) is 99.6 cm³/mol. The Morgan fingerprint density at radius 2 is 1.84 bits per heavy atom. The zero-order valence-corrected chi connectivity index (χ0v) is 16.1. The highest BCUT2D eigenvalue weighted by Crippen LogP contribution is 2.27. The molecule has 0 aromatic heterocycles. The Hall–Kier alpha value is -1.15. The van der Waals surface area contributed by atoms with Crippen molar-refractivity contribution in [3.8, 4) is 0 Å². The van der Waals surface area contributed by atoms with Crippen LogP contribution in [0.4, 0.5) is 0 Å². The number of sulfonamides is 1. The van der Waals surface area contributed by atoms with Gasteiger partial charge in [-0.1, -0.05) is 6.07 Å². The van der Waals surface area contributed by atoms with E-state index in [2.05, 4.69) is 15.4 Å². The van der Waals surface area contributed by atoms with Crippen molar-refractivity contribution in [3.05, 3.63) is 29.8 Å². The smallest absolute Gasteiger partial charge is 0.251 e. The van der Waals surface area contributed by atoms with Gasteiger partial charge in [0.15, 0.2) is 0 Å². The molecule has 3 rings (SSSR count). The van der Waals surface area contributed by atoms with E-state index in [1.54, 1.807) is 26.0 Å². The van der Waals surface area contributed by atoms with Crippen molar-refractivity contribution in [2.45, 2.75) is 68.6 Å². The van der Waals surface area contributed by atoms with Crippen LogP contribution in [0.2, 0.25) is 0 Å². The number of nitrogens with one attached hydrogen (secondary N) is 3. The van der Waals surface area contributed by atoms with Crippen LogP contribution in [0, 0.1) is 0 Å². The molecular weight excluding hydrogens is 362 g/mol. The maximum atomic E-state index is 12.5. The minimum atomic E-state index is -3.60. The summed E-state index contributed by atoms with van der Waals surface area (Å²) in [6, 6.07) is 7.16. The first-order valence-electron chi connectivity index (χ1n) is 8.53. The van der Waals surface area contributed by atoms with Crippen LogP contribution < -0.4 is 15.4 Å². The normalized spacial score (nSPS) is 25.5. The Labute approximate surface area is 155 Å². The van der Waals surface area contributed by atoms with Crippen LogP contribution in [-0.4, -0.2) is 38.5 Å². The van der Waals surface area contributed by atoms with E-state index in [0.29, 0.717) is 17.6 Å². The molecule has 2 unspecified atom stereocenters. The lowest BCUT2D eigenvalue weighted by Crippen LogP contribution is -2.48. The lowest BCUT2D eigenvalue weighted by molar-refractivity contribution is 0.0923. The molecule has 2 bridgehead atoms. The SMILES string of the molecule is CC(C)NS(=O)(=O)c1cccc(C(=O)NC2CC3CCC(C2)N3)c1.Cl. The van der Waals surface area contributed by atoms with E-state index >= 15 is 0 Å². The van der Waals surface area contributed by atoms with Crippen molar-refractivity contribution in [2.24, 2.45) is 0 Å². The summed E-state index contributed by atoms with van der Waals surface area (Å²) in [7, 11) is -3.60. The zero-order valence-electron chi connectivity index (χ0n) is 14.5. The number of rotatable bonds is 5. The predicted octanol–water partition coefficient (Wildman–Crippen LogP) is 1.81. The van der Waals surface area contributed by atoms with E-state index < -0.39 is 10.0 Å². The summed E-state index contributed by atoms with van der Waals surface area (Å²) in [6.07, 6.45) is 4.22. The number of carbonyl (C=O) groups excluding carboxylic acids is 1. The first-order valence-corrected chi connectivity index (χ1v) is 10.0. The van der Waals surface area contributed by atoms with Gasteiger partial charge < -0.3 is 10.6 Å². The molecule has 0 spiro atoms. The number of piperidine rings is 1. The van der Waals surface area contributed by atoms with Gasteiger partial charge in [-0.3, -0.25) is 4.79 Å². The molecule has 0 saturated carbocycles. The quantitative estimate of drug-likeness (QED) is 0.719. The van der Waals surface area contributed by atoms with Crippen molar-refractivity contribution >= 4 is 28.3 Å². The molecule has 3 N–H and O–H groups in total. The molecule has 2 aliphatic rings. The van der Waals surface area contributed by atoms with Crippen LogP contribution in [0.3, 0.4) is 0 Å². The highest BCUT2D eigenvalue weighted by atomic mass is 35.5. The molecule has 0 aliphatic carbocycles. The summed E-state index contributed by atoms with van der Waals surface area (Å²) in [4.78, 5) is 12.6. The van der Waals surface area contributed by atoms with E-state index in [-0.39, 0.29) is 35.3 Å². The van der Waals surface area contributed by atoms with Crippen molar-refractivity contribution in [1.29, 1.82) is 0 Å². The van der Waals surface area contributed by atoms with Gasteiger partial charge in [0.05, 0.1) is 4.90 Å². The number of amides is 1. The van der Waals surface area contributed by atoms with Gasteiger partial charge in [0.1, 0.15) is 0 Å². The lowest BCUT2D eigenvalue weighted by atomic mass is 9.99. The molecule has 2 atom stereocenters. The fourth-order valence-electron chi connectivity index (χ4n) is 3.63. The maximum Gasteiger partial charge on any atom is 0.251 e. The molecule has 2 fully saturated rings. The molecule has 2 aliphatic heterocycles. The largest absolute Gasteiger partial charge is 0.349 e. The standard InChI is InChI=1S/C17H25N3O3S.ClH/c1-11(2)20-24(22,23)16-5-3-4-12(8-16)17(21)19-15-9-13-6-7-14(10-15)18-13;/h3-5,8,11,13-15,18,20H,6-7,9-10H2,1-2H3,(H,19,21);1H. The molecular formula is C17H26ClN3O3S. The first kappa shape index (κ1) is 20.2. The van der Waals surface area contributed by atoms with E-state index in [9.17, 15) is 13.2 Å². The molecule has 2 saturated heterocycles. The van der Waals surface area contributed by atoms with Crippen LogP contribution in [0.15, 0.2) is 29.2 Å². The second kappa shape index (κ2) is 8.03. The Morgan fingerprint density at radius 3 is 2.44 bits per heavy atom. The second-order valence-electron chi connectivity index (χ2n) is 7.08. The number of halogens is 1. The molecule has 140 valence electrons. The van der Waals surface area contributed by atoms with Crippen molar-refractivity contribution < 1.29 is 13.2 Å².